The van der Waals surface area contributed by atoms with Gasteiger partial charge in [-0.3, -0.25) is 0 Å². The van der Waals surface area contributed by atoms with E-state index in [0.29, 0.717) is 0 Å². The summed E-state index contributed by atoms with van der Waals surface area (Å²) in [6.07, 6.45) is 9.23. The van der Waals surface area contributed by atoms with Crippen molar-refractivity contribution in [2.45, 2.75) is 70.8 Å². The first-order chi connectivity index (χ1) is 9.03. The van der Waals surface area contributed by atoms with Gasteiger partial charge in [0.15, 0.2) is 0 Å². The molecule has 1 rings (SSSR count). The fourth-order valence-electron chi connectivity index (χ4n) is 2.19. The average molecular weight is 327 g/mol. The third kappa shape index (κ3) is 7.74. The maximum Gasteiger partial charge on any atom is 0.0617 e. The number of benzene rings is 1. The fourth-order valence-corrected chi connectivity index (χ4v) is 2.46. The summed E-state index contributed by atoms with van der Waals surface area (Å²) in [4.78, 5) is 0. The van der Waals surface area contributed by atoms with Crippen LogP contribution in [0.2, 0.25) is 0 Å². The largest absolute Gasteiger partial charge is 0.390 e. The van der Waals surface area contributed by atoms with Crippen LogP contribution in [-0.2, 0) is 6.42 Å². The predicted octanol–water partition coefficient (Wildman–Crippen LogP) is 5.49. The second-order valence-corrected chi connectivity index (χ2v) is 6.66. The lowest BCUT2D eigenvalue weighted by Crippen LogP contribution is -2.22. The van der Waals surface area contributed by atoms with Crippen molar-refractivity contribution in [2.24, 2.45) is 0 Å². The molecular formula is C17H27BrO. The Morgan fingerprint density at radius 3 is 2.21 bits per heavy atom. The van der Waals surface area contributed by atoms with Gasteiger partial charge in [-0.05, 0) is 50.3 Å². The van der Waals surface area contributed by atoms with Crippen molar-refractivity contribution in [2.75, 3.05) is 0 Å². The lowest BCUT2D eigenvalue weighted by Gasteiger charge is -2.20. The van der Waals surface area contributed by atoms with Crippen molar-refractivity contribution in [1.29, 1.82) is 0 Å². The van der Waals surface area contributed by atoms with Gasteiger partial charge in [0.2, 0.25) is 0 Å². The molecule has 0 amide bonds. The maximum absolute atomic E-state index is 9.89. The molecule has 1 nitrogen and oxygen atoms in total. The van der Waals surface area contributed by atoms with Crippen LogP contribution in [0.3, 0.4) is 0 Å². The van der Waals surface area contributed by atoms with Crippen molar-refractivity contribution in [3.63, 3.8) is 0 Å². The minimum atomic E-state index is -0.447. The number of aliphatic hydroxyl groups is 1. The van der Waals surface area contributed by atoms with Gasteiger partial charge < -0.3 is 5.11 Å². The van der Waals surface area contributed by atoms with Crippen LogP contribution >= 0.6 is 15.9 Å². The molecular weight excluding hydrogens is 300 g/mol. The van der Waals surface area contributed by atoms with Gasteiger partial charge in [0, 0.05) is 4.47 Å². The Balaban J connectivity index is 2.01. The molecule has 0 heterocycles. The van der Waals surface area contributed by atoms with Crippen LogP contribution in [0, 0.1) is 0 Å². The highest BCUT2D eigenvalue weighted by Gasteiger charge is 2.15. The van der Waals surface area contributed by atoms with Gasteiger partial charge in [0.05, 0.1) is 5.60 Å². The van der Waals surface area contributed by atoms with E-state index in [-0.39, 0.29) is 0 Å². The number of hydrogen-bond acceptors (Lipinski definition) is 1. The summed E-state index contributed by atoms with van der Waals surface area (Å²) in [5.41, 5.74) is 0.981. The zero-order valence-electron chi connectivity index (χ0n) is 12.3. The first-order valence-electron chi connectivity index (χ1n) is 7.50. The lowest BCUT2D eigenvalue weighted by molar-refractivity contribution is 0.0442. The van der Waals surface area contributed by atoms with Crippen LogP contribution in [0.25, 0.3) is 0 Å². The second-order valence-electron chi connectivity index (χ2n) is 5.74. The van der Waals surface area contributed by atoms with Crippen molar-refractivity contribution >= 4 is 15.9 Å². The van der Waals surface area contributed by atoms with Gasteiger partial charge in [0.1, 0.15) is 0 Å². The molecule has 0 spiro atoms. The summed E-state index contributed by atoms with van der Waals surface area (Å²) >= 11 is 3.46. The maximum atomic E-state index is 9.89. The molecule has 0 saturated heterocycles. The Hall–Kier alpha value is -0.340. The molecule has 2 heteroatoms. The van der Waals surface area contributed by atoms with Crippen LogP contribution in [-0.4, -0.2) is 10.7 Å². The second kappa shape index (κ2) is 8.76. The topological polar surface area (TPSA) is 20.2 Å². The lowest BCUT2D eigenvalue weighted by atomic mass is 9.95. The molecule has 0 fully saturated rings. The smallest absolute Gasteiger partial charge is 0.0617 e. The van der Waals surface area contributed by atoms with Gasteiger partial charge in [-0.15, -0.1) is 0 Å². The fraction of sp³-hybridized carbons (Fsp3) is 0.647. The molecule has 0 bridgehead atoms. The monoisotopic (exact) mass is 326 g/mol. The number of aryl methyl sites for hydroxylation is 1. The minimum absolute atomic E-state index is 0.447. The van der Waals surface area contributed by atoms with Crippen molar-refractivity contribution < 1.29 is 5.11 Å². The van der Waals surface area contributed by atoms with Crippen LogP contribution in [0.15, 0.2) is 28.7 Å². The van der Waals surface area contributed by atoms with E-state index in [4.69, 9.17) is 0 Å². The highest BCUT2D eigenvalue weighted by molar-refractivity contribution is 9.10. The van der Waals surface area contributed by atoms with E-state index in [2.05, 4.69) is 47.1 Å². The van der Waals surface area contributed by atoms with E-state index >= 15 is 0 Å². The summed E-state index contributed by atoms with van der Waals surface area (Å²) in [5, 5.41) is 9.89. The molecule has 0 aliphatic heterocycles. The van der Waals surface area contributed by atoms with Gasteiger partial charge in [-0.2, -0.15) is 0 Å². The van der Waals surface area contributed by atoms with Crippen molar-refractivity contribution in [1.82, 2.24) is 0 Å². The van der Waals surface area contributed by atoms with Gasteiger partial charge in [-0.1, -0.05) is 60.7 Å². The Bertz CT molecular complexity index is 343. The number of hydrogen-bond donors (Lipinski definition) is 1. The molecule has 1 atom stereocenters. The molecule has 1 N–H and O–H groups in total. The highest BCUT2D eigenvalue weighted by Crippen LogP contribution is 2.19. The van der Waals surface area contributed by atoms with E-state index in [0.717, 1.165) is 23.7 Å². The van der Waals surface area contributed by atoms with Crippen LogP contribution in [0.1, 0.15) is 64.4 Å². The normalized spacial score (nSPS) is 14.3. The molecule has 0 aliphatic rings. The highest BCUT2D eigenvalue weighted by atomic mass is 79.9. The summed E-state index contributed by atoms with van der Waals surface area (Å²) in [6.45, 7) is 4.00. The third-order valence-electron chi connectivity index (χ3n) is 3.86. The molecule has 0 aliphatic carbocycles. The van der Waals surface area contributed by atoms with Gasteiger partial charge in [-0.25, -0.2) is 0 Å². The Labute approximate surface area is 126 Å². The summed E-state index contributed by atoms with van der Waals surface area (Å²) in [5.74, 6) is 0. The number of halogens is 1. The molecule has 0 aromatic heterocycles. The molecule has 0 radical (unpaired) electrons. The first-order valence-corrected chi connectivity index (χ1v) is 8.29. The molecule has 1 unspecified atom stereocenters. The van der Waals surface area contributed by atoms with Crippen molar-refractivity contribution in [3.8, 4) is 0 Å². The first kappa shape index (κ1) is 16.7. The van der Waals surface area contributed by atoms with Crippen LogP contribution in [0.4, 0.5) is 0 Å². The third-order valence-corrected chi connectivity index (χ3v) is 4.38. The number of rotatable bonds is 9. The van der Waals surface area contributed by atoms with E-state index in [1.54, 1.807) is 0 Å². The zero-order chi connectivity index (χ0) is 14.1. The average Bonchev–Trinajstić information content (AvgIpc) is 2.40. The van der Waals surface area contributed by atoms with E-state index in [1.807, 2.05) is 6.92 Å². The molecule has 19 heavy (non-hydrogen) atoms. The quantitative estimate of drug-likeness (QED) is 0.594. The molecule has 0 saturated carbocycles. The van der Waals surface area contributed by atoms with Crippen LogP contribution < -0.4 is 0 Å². The Morgan fingerprint density at radius 1 is 1.00 bits per heavy atom. The molecule has 1 aromatic carbocycles. The summed E-state index contributed by atoms with van der Waals surface area (Å²) in [7, 11) is 0. The predicted molar refractivity (Wildman–Crippen MR) is 86.5 cm³/mol. The zero-order valence-corrected chi connectivity index (χ0v) is 13.9. The Kier molecular flexibility index (Phi) is 7.70. The van der Waals surface area contributed by atoms with Crippen LogP contribution in [0.5, 0.6) is 0 Å². The van der Waals surface area contributed by atoms with Gasteiger partial charge >= 0.3 is 0 Å². The summed E-state index contributed by atoms with van der Waals surface area (Å²) in [6, 6.07) is 8.62. The van der Waals surface area contributed by atoms with E-state index < -0.39 is 5.60 Å². The summed E-state index contributed by atoms with van der Waals surface area (Å²) < 4.78 is 1.15. The standard InChI is InChI=1S/C17H27BrO/c1-3-17(2,19)14-8-6-4-5-7-9-15-10-12-16(18)13-11-15/h10-13,19H,3-9,14H2,1-2H3. The molecule has 108 valence electrons. The number of unbranched alkanes of at least 4 members (excludes halogenated alkanes) is 4. The van der Waals surface area contributed by atoms with Gasteiger partial charge in [0.25, 0.3) is 0 Å². The minimum Gasteiger partial charge on any atom is -0.390 e. The SMILES string of the molecule is CCC(C)(O)CCCCCCCc1ccc(Br)cc1. The van der Waals surface area contributed by atoms with E-state index in [9.17, 15) is 5.11 Å². The van der Waals surface area contributed by atoms with Crippen molar-refractivity contribution in [3.05, 3.63) is 34.3 Å². The van der Waals surface area contributed by atoms with E-state index in [1.165, 1.54) is 37.7 Å². The Morgan fingerprint density at radius 2 is 1.58 bits per heavy atom. The molecule has 1 aromatic rings.